The van der Waals surface area contributed by atoms with E-state index in [1.165, 1.54) is 6.42 Å². The van der Waals surface area contributed by atoms with E-state index in [2.05, 4.69) is 5.32 Å². The second-order valence-electron chi connectivity index (χ2n) is 5.14. The number of carbonyl (C=O) groups is 2. The fraction of sp³-hybridized carbons (Fsp3) is 0.846. The van der Waals surface area contributed by atoms with Crippen LogP contribution < -0.4 is 5.32 Å². The van der Waals surface area contributed by atoms with Gasteiger partial charge in [0.15, 0.2) is 0 Å². The predicted molar refractivity (Wildman–Crippen MR) is 67.0 cm³/mol. The molecule has 0 spiro atoms. The Kier molecular flexibility index (Phi) is 4.99. The van der Waals surface area contributed by atoms with E-state index < -0.39 is 0 Å². The molecular formula is C13H22N2O3. The highest BCUT2D eigenvalue weighted by Gasteiger charge is 2.22. The molecule has 0 bridgehead atoms. The predicted octanol–water partition coefficient (Wildman–Crippen LogP) is 0.542. The van der Waals surface area contributed by atoms with Crippen LogP contribution in [0.25, 0.3) is 0 Å². The monoisotopic (exact) mass is 254 g/mol. The molecule has 102 valence electrons. The number of hydrogen-bond donors (Lipinski definition) is 1. The van der Waals surface area contributed by atoms with Gasteiger partial charge in [0.2, 0.25) is 11.8 Å². The Hall–Kier alpha value is -1.10. The Balaban J connectivity index is 1.58. The first-order chi connectivity index (χ1) is 8.75. The molecule has 2 saturated heterocycles. The van der Waals surface area contributed by atoms with E-state index in [4.69, 9.17) is 4.74 Å². The van der Waals surface area contributed by atoms with Crippen LogP contribution in [0, 0.1) is 5.92 Å². The van der Waals surface area contributed by atoms with Crippen molar-refractivity contribution in [2.45, 2.75) is 32.1 Å². The van der Waals surface area contributed by atoms with Gasteiger partial charge in [-0.2, -0.15) is 0 Å². The van der Waals surface area contributed by atoms with E-state index in [1.54, 1.807) is 4.90 Å². The average molecular weight is 254 g/mol. The maximum atomic E-state index is 11.7. The first kappa shape index (κ1) is 13.3. The van der Waals surface area contributed by atoms with Crippen molar-refractivity contribution in [3.05, 3.63) is 0 Å². The smallest absolute Gasteiger partial charge is 0.239 e. The summed E-state index contributed by atoms with van der Waals surface area (Å²) in [5.41, 5.74) is 0. The summed E-state index contributed by atoms with van der Waals surface area (Å²) in [6.45, 7) is 3.33. The lowest BCUT2D eigenvalue weighted by molar-refractivity contribution is -0.133. The van der Waals surface area contributed by atoms with Crippen LogP contribution in [0.3, 0.4) is 0 Å². The van der Waals surface area contributed by atoms with Gasteiger partial charge in [-0.1, -0.05) is 0 Å². The number of likely N-dealkylation sites (tertiary alicyclic amines) is 1. The second-order valence-corrected chi connectivity index (χ2v) is 5.14. The van der Waals surface area contributed by atoms with Crippen molar-refractivity contribution in [2.24, 2.45) is 5.92 Å². The maximum Gasteiger partial charge on any atom is 0.239 e. The zero-order valence-corrected chi connectivity index (χ0v) is 10.8. The minimum atomic E-state index is -0.0398. The number of rotatable bonds is 5. The molecule has 0 unspecified atom stereocenters. The minimum Gasteiger partial charge on any atom is -0.381 e. The molecular weight excluding hydrogens is 232 g/mol. The first-order valence-corrected chi connectivity index (χ1v) is 6.88. The molecule has 2 fully saturated rings. The van der Waals surface area contributed by atoms with Gasteiger partial charge in [0.05, 0.1) is 6.54 Å². The molecule has 2 amide bonds. The van der Waals surface area contributed by atoms with Gasteiger partial charge in [0, 0.05) is 32.7 Å². The van der Waals surface area contributed by atoms with Gasteiger partial charge >= 0.3 is 0 Å². The number of nitrogens with one attached hydrogen (secondary N) is 1. The normalized spacial score (nSPS) is 24.3. The Morgan fingerprint density at radius 1 is 1.44 bits per heavy atom. The van der Waals surface area contributed by atoms with Crippen molar-refractivity contribution in [1.29, 1.82) is 0 Å². The molecule has 2 aliphatic rings. The number of ether oxygens (including phenoxy) is 1. The minimum absolute atomic E-state index is 0.0398. The molecule has 0 aromatic rings. The maximum absolute atomic E-state index is 11.7. The Labute approximate surface area is 108 Å². The van der Waals surface area contributed by atoms with E-state index in [1.807, 2.05) is 0 Å². The molecule has 2 rings (SSSR count). The van der Waals surface area contributed by atoms with Crippen molar-refractivity contribution in [3.63, 3.8) is 0 Å². The number of nitrogens with zero attached hydrogens (tertiary/aromatic N) is 1. The molecule has 2 aliphatic heterocycles. The van der Waals surface area contributed by atoms with Crippen LogP contribution in [0.15, 0.2) is 0 Å². The van der Waals surface area contributed by atoms with Gasteiger partial charge in [-0.15, -0.1) is 0 Å². The van der Waals surface area contributed by atoms with Gasteiger partial charge in [-0.3, -0.25) is 9.59 Å². The summed E-state index contributed by atoms with van der Waals surface area (Å²) in [4.78, 5) is 24.6. The zero-order chi connectivity index (χ0) is 12.8. The third kappa shape index (κ3) is 3.98. The average Bonchev–Trinajstić information content (AvgIpc) is 2.76. The molecule has 2 heterocycles. The highest BCUT2D eigenvalue weighted by atomic mass is 16.5. The molecule has 0 radical (unpaired) electrons. The van der Waals surface area contributed by atoms with Crippen molar-refractivity contribution < 1.29 is 14.3 Å². The van der Waals surface area contributed by atoms with Gasteiger partial charge in [-0.05, 0) is 31.6 Å². The molecule has 1 N–H and O–H groups in total. The summed E-state index contributed by atoms with van der Waals surface area (Å²) in [6, 6.07) is 0. The second kappa shape index (κ2) is 6.73. The molecule has 1 atom stereocenters. The molecule has 5 heteroatoms. The number of hydrogen-bond acceptors (Lipinski definition) is 3. The zero-order valence-electron chi connectivity index (χ0n) is 10.8. The van der Waals surface area contributed by atoms with Gasteiger partial charge in [0.1, 0.15) is 0 Å². The molecule has 0 aromatic carbocycles. The number of amides is 2. The van der Waals surface area contributed by atoms with Crippen LogP contribution >= 0.6 is 0 Å². The lowest BCUT2D eigenvalue weighted by Crippen LogP contribution is -2.38. The molecule has 0 aliphatic carbocycles. The summed E-state index contributed by atoms with van der Waals surface area (Å²) in [5, 5.41) is 2.89. The summed E-state index contributed by atoms with van der Waals surface area (Å²) in [7, 11) is 0. The standard InChI is InChI=1S/C13H22N2O3/c16-12(9-15-7-1-4-13(15)17)14-6-5-11-3-2-8-18-10-11/h11H,1-10H2,(H,14,16)/t11-/m0/s1. The Morgan fingerprint density at radius 2 is 2.33 bits per heavy atom. The van der Waals surface area contributed by atoms with E-state index in [-0.39, 0.29) is 18.4 Å². The van der Waals surface area contributed by atoms with E-state index in [9.17, 15) is 9.59 Å². The summed E-state index contributed by atoms with van der Waals surface area (Å²) < 4.78 is 5.40. The topological polar surface area (TPSA) is 58.6 Å². The summed E-state index contributed by atoms with van der Waals surface area (Å²) in [5.74, 6) is 0.639. The fourth-order valence-electron chi connectivity index (χ4n) is 2.55. The van der Waals surface area contributed by atoms with Crippen LogP contribution in [-0.2, 0) is 14.3 Å². The van der Waals surface area contributed by atoms with Crippen molar-refractivity contribution in [3.8, 4) is 0 Å². The Morgan fingerprint density at radius 3 is 3.00 bits per heavy atom. The third-order valence-corrected chi connectivity index (χ3v) is 3.64. The SMILES string of the molecule is O=C(CN1CCCC1=O)NCC[C@@H]1CCCOC1. The first-order valence-electron chi connectivity index (χ1n) is 6.88. The molecule has 5 nitrogen and oxygen atoms in total. The lowest BCUT2D eigenvalue weighted by atomic mass is 9.99. The van der Waals surface area contributed by atoms with Crippen molar-refractivity contribution in [1.82, 2.24) is 10.2 Å². The Bertz CT molecular complexity index is 301. The quantitative estimate of drug-likeness (QED) is 0.779. The third-order valence-electron chi connectivity index (χ3n) is 3.64. The van der Waals surface area contributed by atoms with Gasteiger partial charge in [-0.25, -0.2) is 0 Å². The fourth-order valence-corrected chi connectivity index (χ4v) is 2.55. The molecule has 0 saturated carbocycles. The largest absolute Gasteiger partial charge is 0.381 e. The van der Waals surface area contributed by atoms with E-state index in [0.29, 0.717) is 18.9 Å². The van der Waals surface area contributed by atoms with Crippen LogP contribution in [0.2, 0.25) is 0 Å². The van der Waals surface area contributed by atoms with Crippen LogP contribution in [0.1, 0.15) is 32.1 Å². The molecule has 18 heavy (non-hydrogen) atoms. The van der Waals surface area contributed by atoms with Crippen molar-refractivity contribution in [2.75, 3.05) is 32.8 Å². The highest BCUT2D eigenvalue weighted by Crippen LogP contribution is 2.16. The van der Waals surface area contributed by atoms with E-state index >= 15 is 0 Å². The summed E-state index contributed by atoms with van der Waals surface area (Å²) in [6.07, 6.45) is 4.76. The van der Waals surface area contributed by atoms with Crippen LogP contribution in [0.4, 0.5) is 0 Å². The summed E-state index contributed by atoms with van der Waals surface area (Å²) >= 11 is 0. The molecule has 0 aromatic heterocycles. The number of carbonyl (C=O) groups excluding carboxylic acids is 2. The van der Waals surface area contributed by atoms with E-state index in [0.717, 1.165) is 39.0 Å². The lowest BCUT2D eigenvalue weighted by Gasteiger charge is -2.22. The highest BCUT2D eigenvalue weighted by molar-refractivity contribution is 5.85. The van der Waals surface area contributed by atoms with Gasteiger partial charge < -0.3 is 15.0 Å². The van der Waals surface area contributed by atoms with Crippen LogP contribution in [0.5, 0.6) is 0 Å². The van der Waals surface area contributed by atoms with Crippen molar-refractivity contribution >= 4 is 11.8 Å². The van der Waals surface area contributed by atoms with Crippen LogP contribution in [-0.4, -0.2) is 49.6 Å². The van der Waals surface area contributed by atoms with Gasteiger partial charge in [0.25, 0.3) is 0 Å².